The summed E-state index contributed by atoms with van der Waals surface area (Å²) in [4.78, 5) is 7.46. The van der Waals surface area contributed by atoms with Crippen LogP contribution >= 0.6 is 0 Å². The number of para-hydroxylation sites is 4. The van der Waals surface area contributed by atoms with Crippen molar-refractivity contribution in [3.63, 3.8) is 0 Å². The lowest BCUT2D eigenvalue weighted by Gasteiger charge is -2.45. The number of hydrogen-bond acceptors (Lipinski definition) is 6. The molecular formula is C76H50BN3O3. The van der Waals surface area contributed by atoms with E-state index >= 15 is 0 Å². The molecule has 18 rings (SSSR count). The Morgan fingerprint density at radius 1 is 0.422 bits per heavy atom. The molecule has 13 aromatic rings. The van der Waals surface area contributed by atoms with Crippen molar-refractivity contribution < 1.29 is 13.3 Å². The van der Waals surface area contributed by atoms with E-state index in [1.54, 1.807) is 0 Å². The van der Waals surface area contributed by atoms with Crippen LogP contribution in [0.4, 0.5) is 51.2 Å². The molecule has 6 nitrogen and oxygen atoms in total. The molecule has 0 amide bonds. The summed E-state index contributed by atoms with van der Waals surface area (Å²) in [5, 5.41) is 2.15. The third-order valence-corrected chi connectivity index (χ3v) is 18.1. The van der Waals surface area contributed by atoms with Gasteiger partial charge in [0.1, 0.15) is 34.2 Å². The third-order valence-electron chi connectivity index (χ3n) is 18.1. The zero-order chi connectivity index (χ0) is 54.7. The highest BCUT2D eigenvalue weighted by molar-refractivity contribution is 7.00. The first-order valence-corrected chi connectivity index (χ1v) is 28.7. The second-order valence-electron chi connectivity index (χ2n) is 23.2. The van der Waals surface area contributed by atoms with Gasteiger partial charge in [-0.2, -0.15) is 0 Å². The summed E-state index contributed by atoms with van der Waals surface area (Å²) < 4.78 is 19.9. The number of nitrogens with zero attached hydrogens (tertiary/aromatic N) is 3. The molecule has 0 fully saturated rings. The van der Waals surface area contributed by atoms with E-state index in [1.807, 2.05) is 24.3 Å². The average Bonchev–Trinajstić information content (AvgIpc) is 2.49. The van der Waals surface area contributed by atoms with Crippen LogP contribution in [0.15, 0.2) is 268 Å². The third kappa shape index (κ3) is 6.98. The quantitative estimate of drug-likeness (QED) is 0.141. The summed E-state index contributed by atoms with van der Waals surface area (Å²) in [7, 11) is 0. The van der Waals surface area contributed by atoms with Crippen LogP contribution in [-0.4, -0.2) is 6.71 Å². The highest BCUT2D eigenvalue weighted by Gasteiger charge is 2.45. The van der Waals surface area contributed by atoms with E-state index in [-0.39, 0.29) is 12.1 Å². The molecule has 0 saturated carbocycles. The lowest BCUT2D eigenvalue weighted by atomic mass is 9.33. The molecule has 7 heteroatoms. The van der Waals surface area contributed by atoms with Crippen LogP contribution in [0.3, 0.4) is 0 Å². The fourth-order valence-electron chi connectivity index (χ4n) is 14.1. The first-order valence-electron chi connectivity index (χ1n) is 28.7. The molecule has 0 N–H and O–H groups in total. The van der Waals surface area contributed by atoms with Gasteiger partial charge in [0.2, 0.25) is 0 Å². The minimum absolute atomic E-state index is 0.122. The normalized spacial score (nSPS) is 15.3. The standard InChI is InChI=1S/C76H50BN3O3/c1-76(2)61-22-9-8-21-57(61)58-34-33-55(42-62(58)76)78(53-31-27-46(28-32-53)72-40-49-15-6-12-25-69(49)81-72)56-43-67-75-68(44-56)80(54-20-14-17-48(37-54)74-45-60-59-38-47(59)30-36-71(60)83-74)66-39-51(73-41-50-16-7-13-26-70(50)82-73)29-35-64(66)77(75)63-23-10-11-24-65(63)79(67)52-18-4-3-5-19-52/h3-45,47H,1-2H3/t47-/m0/s1. The highest BCUT2D eigenvalue weighted by Crippen LogP contribution is 2.54. The summed E-state index contributed by atoms with van der Waals surface area (Å²) in [5.74, 6) is 3.83. The number of allylic oxidation sites excluding steroid dienone is 3. The minimum atomic E-state index is -0.231. The van der Waals surface area contributed by atoms with Crippen molar-refractivity contribution >= 4 is 108 Å². The first kappa shape index (κ1) is 46.3. The number of anilines is 9. The van der Waals surface area contributed by atoms with Crippen molar-refractivity contribution in [2.24, 2.45) is 5.92 Å². The highest BCUT2D eigenvalue weighted by atomic mass is 16.3. The van der Waals surface area contributed by atoms with Gasteiger partial charge in [-0.05, 0) is 166 Å². The van der Waals surface area contributed by atoms with Gasteiger partial charge >= 0.3 is 0 Å². The predicted octanol–water partition coefficient (Wildman–Crippen LogP) is 18.7. The Hall–Kier alpha value is -10.5. The van der Waals surface area contributed by atoms with Gasteiger partial charge in [-0.3, -0.25) is 0 Å². The van der Waals surface area contributed by atoms with Gasteiger partial charge in [0.15, 0.2) is 0 Å². The Kier molecular flexibility index (Phi) is 9.62. The molecule has 0 unspecified atom stereocenters. The number of fused-ring (bicyclic) bond motifs is 12. The molecule has 0 spiro atoms. The summed E-state index contributed by atoms with van der Waals surface area (Å²) in [5.41, 5.74) is 25.5. The van der Waals surface area contributed by atoms with Gasteiger partial charge < -0.3 is 28.0 Å². The van der Waals surface area contributed by atoms with Gasteiger partial charge in [-0.1, -0.05) is 153 Å². The molecule has 5 aliphatic rings. The van der Waals surface area contributed by atoms with E-state index < -0.39 is 0 Å². The fraction of sp³-hybridized carbons (Fsp3) is 0.0526. The monoisotopic (exact) mass is 1060 g/mol. The van der Waals surface area contributed by atoms with Crippen molar-refractivity contribution in [1.82, 2.24) is 0 Å². The molecule has 0 bridgehead atoms. The second-order valence-corrected chi connectivity index (χ2v) is 23.2. The molecule has 0 saturated heterocycles. The van der Waals surface area contributed by atoms with Crippen LogP contribution in [0.25, 0.3) is 78.7 Å². The van der Waals surface area contributed by atoms with Crippen LogP contribution in [0, 0.1) is 5.92 Å². The molecule has 2 aliphatic heterocycles. The van der Waals surface area contributed by atoms with Crippen molar-refractivity contribution in [3.8, 4) is 45.1 Å². The maximum absolute atomic E-state index is 6.73. The van der Waals surface area contributed by atoms with Gasteiger partial charge in [-0.15, -0.1) is 0 Å². The second kappa shape index (κ2) is 17.3. The van der Waals surface area contributed by atoms with E-state index in [0.717, 1.165) is 113 Å². The van der Waals surface area contributed by atoms with Gasteiger partial charge in [0.05, 0.1) is 5.69 Å². The van der Waals surface area contributed by atoms with Crippen LogP contribution in [0.2, 0.25) is 0 Å². The molecule has 0 radical (unpaired) electrons. The number of hydrogen-bond donors (Lipinski definition) is 0. The molecule has 5 heterocycles. The zero-order valence-electron chi connectivity index (χ0n) is 45.5. The Bertz CT molecular complexity index is 4880. The van der Waals surface area contributed by atoms with E-state index in [9.17, 15) is 0 Å². The summed E-state index contributed by atoms with van der Waals surface area (Å²) >= 11 is 0. The number of furan rings is 3. The largest absolute Gasteiger partial charge is 0.456 e. The van der Waals surface area contributed by atoms with Gasteiger partial charge in [0, 0.05) is 89.9 Å². The van der Waals surface area contributed by atoms with Crippen LogP contribution in [0.5, 0.6) is 0 Å². The first-order chi connectivity index (χ1) is 40.9. The lowest BCUT2D eigenvalue weighted by Crippen LogP contribution is -2.61. The van der Waals surface area contributed by atoms with Crippen LogP contribution in [0.1, 0.15) is 36.3 Å². The van der Waals surface area contributed by atoms with Crippen molar-refractivity contribution in [3.05, 3.63) is 277 Å². The Labute approximate surface area is 480 Å². The average molecular weight is 1060 g/mol. The maximum Gasteiger partial charge on any atom is 0.252 e. The molecule has 10 aromatic carbocycles. The van der Waals surface area contributed by atoms with E-state index in [4.69, 9.17) is 13.3 Å². The molecular weight excluding hydrogens is 1010 g/mol. The van der Waals surface area contributed by atoms with E-state index in [2.05, 4.69) is 265 Å². The Morgan fingerprint density at radius 3 is 1.84 bits per heavy atom. The van der Waals surface area contributed by atoms with Gasteiger partial charge in [0.25, 0.3) is 6.71 Å². The SMILES string of the molecule is CC1(C)c2ccccc2-c2ccc(N(c3ccc(-c4cc5ccccc5o4)cc3)c3cc4c5c(c3)N(c3cccc(-c6cc7c(o6)C=C[C@H]6C=C76)c3)c3cc(-c6cc7ccccc7o6)ccc3B5c3ccccc3N4c3ccccc3)cc21. The van der Waals surface area contributed by atoms with Crippen LogP contribution < -0.4 is 31.1 Å². The lowest BCUT2D eigenvalue weighted by molar-refractivity contribution is 0.570. The number of benzene rings is 10. The van der Waals surface area contributed by atoms with Crippen LogP contribution in [-0.2, 0) is 5.41 Å². The minimum Gasteiger partial charge on any atom is -0.456 e. The molecule has 83 heavy (non-hydrogen) atoms. The van der Waals surface area contributed by atoms with Crippen molar-refractivity contribution in [2.45, 2.75) is 19.3 Å². The predicted molar refractivity (Wildman–Crippen MR) is 341 cm³/mol. The van der Waals surface area contributed by atoms with Crippen molar-refractivity contribution in [2.75, 3.05) is 14.7 Å². The maximum atomic E-state index is 6.73. The fourth-order valence-corrected chi connectivity index (χ4v) is 14.1. The zero-order valence-corrected chi connectivity index (χ0v) is 45.5. The summed E-state index contributed by atoms with van der Waals surface area (Å²) in [6.45, 7) is 4.61. The topological polar surface area (TPSA) is 49.1 Å². The molecule has 390 valence electrons. The number of rotatable bonds is 8. The summed E-state index contributed by atoms with van der Waals surface area (Å²) in [6, 6.07) is 88.6. The van der Waals surface area contributed by atoms with Gasteiger partial charge in [-0.25, -0.2) is 0 Å². The Balaban J connectivity index is 0.907. The van der Waals surface area contributed by atoms with Crippen molar-refractivity contribution in [1.29, 1.82) is 0 Å². The van der Waals surface area contributed by atoms with E-state index in [1.165, 1.54) is 49.8 Å². The Morgan fingerprint density at radius 2 is 1.05 bits per heavy atom. The van der Waals surface area contributed by atoms with E-state index in [0.29, 0.717) is 5.92 Å². The molecule has 1 atom stereocenters. The molecule has 3 aliphatic carbocycles. The smallest absolute Gasteiger partial charge is 0.252 e. The summed E-state index contributed by atoms with van der Waals surface area (Å²) in [6.07, 6.45) is 6.68. The molecule has 3 aromatic heterocycles.